The molecule has 1 unspecified atom stereocenters. The van der Waals surface area contributed by atoms with Gasteiger partial charge in [0.25, 0.3) is 0 Å². The Morgan fingerprint density at radius 2 is 2.11 bits per heavy atom. The van der Waals surface area contributed by atoms with Crippen molar-refractivity contribution in [1.29, 1.82) is 0 Å². The van der Waals surface area contributed by atoms with E-state index in [9.17, 15) is 4.79 Å². The fourth-order valence-electron chi connectivity index (χ4n) is 2.29. The van der Waals surface area contributed by atoms with E-state index in [1.807, 2.05) is 18.2 Å². The lowest BCUT2D eigenvalue weighted by atomic mass is 9.91. The van der Waals surface area contributed by atoms with Crippen molar-refractivity contribution in [2.24, 2.45) is 5.92 Å². The number of benzene rings is 1. The first kappa shape index (κ1) is 14.2. The highest BCUT2D eigenvalue weighted by Crippen LogP contribution is 2.26. The lowest BCUT2D eigenvalue weighted by molar-refractivity contribution is -0.143. The van der Waals surface area contributed by atoms with Crippen LogP contribution in [-0.2, 0) is 14.3 Å². The summed E-state index contributed by atoms with van der Waals surface area (Å²) >= 11 is 6.12. The van der Waals surface area contributed by atoms with Crippen LogP contribution in [0.5, 0.6) is 0 Å². The second kappa shape index (κ2) is 6.78. The number of rotatable bonds is 4. The molecule has 1 aliphatic heterocycles. The first-order valence-corrected chi connectivity index (χ1v) is 6.77. The molecule has 2 rings (SSSR count). The molecule has 5 heteroatoms. The maximum Gasteiger partial charge on any atom is 0.328 e. The molecule has 1 saturated heterocycles. The Bertz CT molecular complexity index is 432. The molecule has 0 aliphatic carbocycles. The largest absolute Gasteiger partial charge is 0.467 e. The number of esters is 1. The van der Waals surface area contributed by atoms with Gasteiger partial charge in [0.15, 0.2) is 0 Å². The number of para-hydroxylation sites is 1. The molecule has 1 heterocycles. The Morgan fingerprint density at radius 3 is 2.74 bits per heavy atom. The number of carbonyl (C=O) groups is 1. The topological polar surface area (TPSA) is 47.6 Å². The van der Waals surface area contributed by atoms with E-state index < -0.39 is 0 Å². The molecule has 104 valence electrons. The maximum atomic E-state index is 12.0. The molecule has 1 fully saturated rings. The van der Waals surface area contributed by atoms with E-state index in [1.165, 1.54) is 7.11 Å². The summed E-state index contributed by atoms with van der Waals surface area (Å²) in [6, 6.07) is 7.01. The van der Waals surface area contributed by atoms with Gasteiger partial charge in [-0.1, -0.05) is 23.7 Å². The summed E-state index contributed by atoms with van der Waals surface area (Å²) in [7, 11) is 1.41. The molecule has 0 bridgehead atoms. The minimum Gasteiger partial charge on any atom is -0.467 e. The normalized spacial score (nSPS) is 17.8. The highest BCUT2D eigenvalue weighted by atomic mass is 35.5. The Labute approximate surface area is 118 Å². The molecule has 4 nitrogen and oxygen atoms in total. The van der Waals surface area contributed by atoms with Crippen molar-refractivity contribution in [3.8, 4) is 0 Å². The van der Waals surface area contributed by atoms with E-state index in [4.69, 9.17) is 21.1 Å². The molecule has 0 spiro atoms. The van der Waals surface area contributed by atoms with Gasteiger partial charge in [0, 0.05) is 13.2 Å². The molecular formula is C14H18ClNO3. The molecule has 0 amide bonds. The van der Waals surface area contributed by atoms with E-state index in [0.29, 0.717) is 18.2 Å². The van der Waals surface area contributed by atoms with Crippen molar-refractivity contribution in [2.75, 3.05) is 25.6 Å². The lowest BCUT2D eigenvalue weighted by Crippen LogP contribution is -2.40. The van der Waals surface area contributed by atoms with Crippen molar-refractivity contribution in [3.05, 3.63) is 29.3 Å². The Hall–Kier alpha value is -1.26. The summed E-state index contributed by atoms with van der Waals surface area (Å²) in [4.78, 5) is 12.0. The van der Waals surface area contributed by atoms with E-state index >= 15 is 0 Å². The molecule has 1 aromatic carbocycles. The molecule has 0 saturated carbocycles. The van der Waals surface area contributed by atoms with Crippen molar-refractivity contribution >= 4 is 23.3 Å². The van der Waals surface area contributed by atoms with Crippen LogP contribution in [-0.4, -0.2) is 32.3 Å². The van der Waals surface area contributed by atoms with Gasteiger partial charge in [-0.3, -0.25) is 0 Å². The summed E-state index contributed by atoms with van der Waals surface area (Å²) in [6.07, 6.45) is 1.69. The molecule has 1 aromatic rings. The van der Waals surface area contributed by atoms with Gasteiger partial charge in [-0.2, -0.15) is 0 Å². The summed E-state index contributed by atoms with van der Waals surface area (Å²) in [5.41, 5.74) is 0.756. The third-order valence-electron chi connectivity index (χ3n) is 3.38. The summed E-state index contributed by atoms with van der Waals surface area (Å²) in [5.74, 6) is -0.0516. The Kier molecular flexibility index (Phi) is 5.05. The molecule has 0 aromatic heterocycles. The van der Waals surface area contributed by atoms with Crippen LogP contribution in [0.2, 0.25) is 5.02 Å². The average Bonchev–Trinajstić information content (AvgIpc) is 2.46. The number of carbonyl (C=O) groups excluding carboxylic acids is 1. The zero-order valence-electron chi connectivity index (χ0n) is 10.9. The minimum absolute atomic E-state index is 0.206. The van der Waals surface area contributed by atoms with Crippen LogP contribution >= 0.6 is 11.6 Å². The fourth-order valence-corrected chi connectivity index (χ4v) is 2.48. The molecule has 1 N–H and O–H groups in total. The quantitative estimate of drug-likeness (QED) is 0.863. The van der Waals surface area contributed by atoms with Crippen LogP contribution < -0.4 is 5.32 Å². The lowest BCUT2D eigenvalue weighted by Gasteiger charge is -2.29. The average molecular weight is 284 g/mol. The number of methoxy groups -OCH3 is 1. The summed E-state index contributed by atoms with van der Waals surface area (Å²) < 4.78 is 10.2. The molecule has 1 atom stereocenters. The number of nitrogens with one attached hydrogen (secondary N) is 1. The van der Waals surface area contributed by atoms with Crippen LogP contribution in [0.1, 0.15) is 12.8 Å². The zero-order valence-corrected chi connectivity index (χ0v) is 11.7. The zero-order chi connectivity index (χ0) is 13.7. The van der Waals surface area contributed by atoms with E-state index in [0.717, 1.165) is 18.5 Å². The van der Waals surface area contributed by atoms with Crippen LogP contribution in [0.25, 0.3) is 0 Å². The highest BCUT2D eigenvalue weighted by Gasteiger charge is 2.31. The van der Waals surface area contributed by atoms with Gasteiger partial charge in [0.2, 0.25) is 0 Å². The number of ether oxygens (including phenoxy) is 2. The standard InChI is InChI=1S/C14H18ClNO3/c1-18-14(17)13(10-6-8-19-9-7-10)16-12-5-3-2-4-11(12)15/h2-5,10,13,16H,6-9H2,1H3. The minimum atomic E-state index is -0.381. The second-order valence-corrected chi connectivity index (χ2v) is 4.98. The smallest absolute Gasteiger partial charge is 0.328 e. The molecular weight excluding hydrogens is 266 g/mol. The van der Waals surface area contributed by atoms with Crippen molar-refractivity contribution in [2.45, 2.75) is 18.9 Å². The Balaban J connectivity index is 2.13. The third-order valence-corrected chi connectivity index (χ3v) is 3.71. The van der Waals surface area contributed by atoms with Gasteiger partial charge in [-0.15, -0.1) is 0 Å². The van der Waals surface area contributed by atoms with Crippen molar-refractivity contribution in [3.63, 3.8) is 0 Å². The first-order chi connectivity index (χ1) is 9.22. The van der Waals surface area contributed by atoms with Gasteiger partial charge in [-0.05, 0) is 30.9 Å². The van der Waals surface area contributed by atoms with Crippen LogP contribution in [0.3, 0.4) is 0 Å². The van der Waals surface area contributed by atoms with E-state index in [2.05, 4.69) is 5.32 Å². The number of hydrogen-bond donors (Lipinski definition) is 1. The monoisotopic (exact) mass is 283 g/mol. The maximum absolute atomic E-state index is 12.0. The predicted octanol–water partition coefficient (Wildman–Crippen LogP) is 2.72. The van der Waals surface area contributed by atoms with Gasteiger partial charge in [-0.25, -0.2) is 4.79 Å². The Morgan fingerprint density at radius 1 is 1.42 bits per heavy atom. The van der Waals surface area contributed by atoms with E-state index in [1.54, 1.807) is 6.07 Å². The van der Waals surface area contributed by atoms with E-state index in [-0.39, 0.29) is 17.9 Å². The number of halogens is 1. The number of anilines is 1. The van der Waals surface area contributed by atoms with Gasteiger partial charge < -0.3 is 14.8 Å². The molecule has 0 radical (unpaired) electrons. The second-order valence-electron chi connectivity index (χ2n) is 4.57. The van der Waals surface area contributed by atoms with Gasteiger partial charge >= 0.3 is 5.97 Å². The molecule has 1 aliphatic rings. The van der Waals surface area contributed by atoms with Crippen molar-refractivity contribution in [1.82, 2.24) is 0 Å². The first-order valence-electron chi connectivity index (χ1n) is 6.39. The fraction of sp³-hybridized carbons (Fsp3) is 0.500. The van der Waals surface area contributed by atoms with Crippen LogP contribution in [0.15, 0.2) is 24.3 Å². The SMILES string of the molecule is COC(=O)C(Nc1ccccc1Cl)C1CCOCC1. The summed E-state index contributed by atoms with van der Waals surface area (Å²) in [5, 5.41) is 3.81. The highest BCUT2D eigenvalue weighted by molar-refractivity contribution is 6.33. The predicted molar refractivity (Wildman–Crippen MR) is 74.4 cm³/mol. The molecule has 19 heavy (non-hydrogen) atoms. The van der Waals surface area contributed by atoms with Crippen LogP contribution in [0, 0.1) is 5.92 Å². The third kappa shape index (κ3) is 3.61. The summed E-state index contributed by atoms with van der Waals surface area (Å²) in [6.45, 7) is 1.37. The van der Waals surface area contributed by atoms with Gasteiger partial charge in [0.1, 0.15) is 6.04 Å². The number of hydrogen-bond acceptors (Lipinski definition) is 4. The van der Waals surface area contributed by atoms with Crippen LogP contribution in [0.4, 0.5) is 5.69 Å². The van der Waals surface area contributed by atoms with Crippen molar-refractivity contribution < 1.29 is 14.3 Å². The van der Waals surface area contributed by atoms with Gasteiger partial charge in [0.05, 0.1) is 17.8 Å².